The zero-order valence-electron chi connectivity index (χ0n) is 21.0. The fourth-order valence-corrected chi connectivity index (χ4v) is 6.24. The van der Waals surface area contributed by atoms with E-state index >= 15 is 4.39 Å². The molecular weight excluding hydrogens is 513 g/mol. The number of carbonyl (C=O) groups is 1. The predicted octanol–water partition coefficient (Wildman–Crippen LogP) is 6.82. The molecule has 0 bridgehead atoms. The fourth-order valence-electron chi connectivity index (χ4n) is 5.17. The number of methoxy groups -OCH3 is 1. The Hall–Kier alpha value is -2.42. The van der Waals surface area contributed by atoms with Gasteiger partial charge in [0.2, 0.25) is 0 Å². The van der Waals surface area contributed by atoms with Crippen molar-refractivity contribution in [3.05, 3.63) is 59.4 Å². The highest BCUT2D eigenvalue weighted by Crippen LogP contribution is 2.44. The van der Waals surface area contributed by atoms with Crippen molar-refractivity contribution in [2.45, 2.75) is 49.7 Å². The molecule has 0 amide bonds. The molecule has 3 heterocycles. The zero-order valence-corrected chi connectivity index (χ0v) is 22.6. The van der Waals surface area contributed by atoms with Crippen LogP contribution >= 0.6 is 23.4 Å². The molecule has 37 heavy (non-hydrogen) atoms. The Morgan fingerprint density at radius 3 is 2.78 bits per heavy atom. The highest BCUT2D eigenvalue weighted by Gasteiger charge is 2.37. The number of hydrogen-bond acceptors (Lipinski definition) is 6. The molecule has 1 N–H and O–H groups in total. The Kier molecular flexibility index (Phi) is 9.62. The van der Waals surface area contributed by atoms with E-state index in [1.165, 1.54) is 6.20 Å². The number of fused-ring (bicyclic) bond motifs is 1. The molecular formula is C28H33ClFN3O3S. The Morgan fingerprint density at radius 2 is 2.08 bits per heavy atom. The van der Waals surface area contributed by atoms with Crippen LogP contribution in [0.2, 0.25) is 5.02 Å². The lowest BCUT2D eigenvalue weighted by molar-refractivity contribution is -0.141. The van der Waals surface area contributed by atoms with Gasteiger partial charge >= 0.3 is 5.97 Å². The largest absolute Gasteiger partial charge is 0.497 e. The summed E-state index contributed by atoms with van der Waals surface area (Å²) in [5, 5.41) is 11.6. The molecule has 9 heteroatoms. The van der Waals surface area contributed by atoms with E-state index < -0.39 is 17.6 Å². The maximum absolute atomic E-state index is 15.7. The molecule has 0 unspecified atom stereocenters. The number of pyridine rings is 2. The number of likely N-dealkylation sites (tertiary alicyclic amines) is 1. The third-order valence-corrected chi connectivity index (χ3v) is 8.59. The van der Waals surface area contributed by atoms with Gasteiger partial charge in [0, 0.05) is 29.1 Å². The van der Waals surface area contributed by atoms with Crippen LogP contribution < -0.4 is 4.74 Å². The van der Waals surface area contributed by atoms with Crippen LogP contribution in [-0.2, 0) is 4.79 Å². The zero-order chi connectivity index (χ0) is 26.3. The van der Waals surface area contributed by atoms with E-state index in [1.807, 2.05) is 18.2 Å². The third kappa shape index (κ3) is 7.33. The monoisotopic (exact) mass is 545 g/mol. The normalized spacial score (nSPS) is 16.5. The number of benzene rings is 1. The van der Waals surface area contributed by atoms with Gasteiger partial charge in [0.05, 0.1) is 29.1 Å². The van der Waals surface area contributed by atoms with Crippen molar-refractivity contribution in [2.75, 3.05) is 32.5 Å². The standard InChI is InChI=1S/C28H33ClFN3O3S/c1-36-20-6-7-24-21(17-20)27(22(29)19-32-24)23(30)8-9-28(18-26(34)35)10-14-33(15-11-28)13-4-16-37-25-5-2-3-12-31-25/h2-3,5-7,12,17,19,23H,4,8-11,13-16,18H2,1H3,(H,34,35)/t23-/m0/s1. The van der Waals surface area contributed by atoms with Gasteiger partial charge in [-0.1, -0.05) is 17.7 Å². The van der Waals surface area contributed by atoms with E-state index in [0.29, 0.717) is 28.6 Å². The van der Waals surface area contributed by atoms with Gasteiger partial charge in [0.15, 0.2) is 0 Å². The number of hydrogen-bond donors (Lipinski definition) is 1. The average molecular weight is 546 g/mol. The van der Waals surface area contributed by atoms with Crippen LogP contribution in [-0.4, -0.2) is 58.4 Å². The van der Waals surface area contributed by atoms with Gasteiger partial charge in [-0.15, -0.1) is 11.8 Å². The van der Waals surface area contributed by atoms with Crippen LogP contribution in [0.1, 0.15) is 50.3 Å². The smallest absolute Gasteiger partial charge is 0.303 e. The highest BCUT2D eigenvalue weighted by atomic mass is 35.5. The highest BCUT2D eigenvalue weighted by molar-refractivity contribution is 7.99. The molecule has 0 saturated carbocycles. The Bertz CT molecular complexity index is 1190. The third-order valence-electron chi connectivity index (χ3n) is 7.26. The summed E-state index contributed by atoms with van der Waals surface area (Å²) in [6.45, 7) is 2.62. The molecule has 198 valence electrons. The molecule has 1 fully saturated rings. The summed E-state index contributed by atoms with van der Waals surface area (Å²) in [6, 6.07) is 11.3. The number of carboxylic acids is 1. The number of aliphatic carboxylic acids is 1. The molecule has 6 nitrogen and oxygen atoms in total. The molecule has 4 rings (SSSR count). The van der Waals surface area contributed by atoms with Gasteiger partial charge in [0.1, 0.15) is 11.9 Å². The van der Waals surface area contributed by atoms with Crippen LogP contribution in [0.4, 0.5) is 4.39 Å². The molecule has 1 aliphatic heterocycles. The SMILES string of the molecule is COc1ccc2ncc(Cl)c([C@@H](F)CCC3(CC(=O)O)CCN(CCCSc4ccccn4)CC3)c2c1. The minimum absolute atomic E-state index is 0.0573. The molecule has 2 aromatic heterocycles. The average Bonchev–Trinajstić information content (AvgIpc) is 2.90. The molecule has 1 saturated heterocycles. The number of thioether (sulfide) groups is 1. The van der Waals surface area contributed by atoms with Crippen LogP contribution in [0.5, 0.6) is 5.75 Å². The maximum atomic E-state index is 15.7. The predicted molar refractivity (Wildman–Crippen MR) is 146 cm³/mol. The maximum Gasteiger partial charge on any atom is 0.303 e. The van der Waals surface area contributed by atoms with Gasteiger partial charge < -0.3 is 14.7 Å². The summed E-state index contributed by atoms with van der Waals surface area (Å²) < 4.78 is 21.0. The first-order valence-corrected chi connectivity index (χ1v) is 14.0. The van der Waals surface area contributed by atoms with Crippen LogP contribution in [0, 0.1) is 5.41 Å². The van der Waals surface area contributed by atoms with Crippen LogP contribution in [0.25, 0.3) is 10.9 Å². The van der Waals surface area contributed by atoms with Crippen molar-refractivity contribution >= 4 is 40.2 Å². The van der Waals surface area contributed by atoms with Crippen molar-refractivity contribution < 1.29 is 19.0 Å². The van der Waals surface area contributed by atoms with Crippen LogP contribution in [0.3, 0.4) is 0 Å². The molecule has 3 aromatic rings. The molecule has 1 atom stereocenters. The van der Waals surface area contributed by atoms with E-state index in [1.54, 1.807) is 43.3 Å². The summed E-state index contributed by atoms with van der Waals surface area (Å²) in [5.74, 6) is 0.772. The number of rotatable bonds is 12. The van der Waals surface area contributed by atoms with Gasteiger partial charge in [-0.05, 0) is 87.5 Å². The minimum atomic E-state index is -1.32. The number of carboxylic acid groups (broad SMARTS) is 1. The second-order valence-electron chi connectivity index (χ2n) is 9.69. The van der Waals surface area contributed by atoms with E-state index in [-0.39, 0.29) is 17.9 Å². The lowest BCUT2D eigenvalue weighted by atomic mass is 9.71. The van der Waals surface area contributed by atoms with Gasteiger partial charge in [-0.25, -0.2) is 9.37 Å². The van der Waals surface area contributed by atoms with E-state index in [4.69, 9.17) is 16.3 Å². The summed E-state index contributed by atoms with van der Waals surface area (Å²) in [4.78, 5) is 22.8. The number of nitrogens with zero attached hydrogens (tertiary/aromatic N) is 3. The Labute approximate surface area is 226 Å². The van der Waals surface area contributed by atoms with E-state index in [2.05, 4.69) is 14.9 Å². The Balaban J connectivity index is 1.35. The van der Waals surface area contributed by atoms with Crippen molar-refractivity contribution in [3.63, 3.8) is 0 Å². The summed E-state index contributed by atoms with van der Waals surface area (Å²) >= 11 is 8.15. The first kappa shape index (κ1) is 27.6. The van der Waals surface area contributed by atoms with Crippen molar-refractivity contribution in [1.29, 1.82) is 0 Å². The number of ether oxygens (including phenoxy) is 1. The lowest BCUT2D eigenvalue weighted by Gasteiger charge is -2.41. The van der Waals surface area contributed by atoms with Gasteiger partial charge in [-0.3, -0.25) is 9.78 Å². The second-order valence-corrected chi connectivity index (χ2v) is 11.2. The number of aromatic nitrogens is 2. The van der Waals surface area contributed by atoms with E-state index in [9.17, 15) is 9.90 Å². The Morgan fingerprint density at radius 1 is 1.27 bits per heavy atom. The summed E-state index contributed by atoms with van der Waals surface area (Å²) in [5.41, 5.74) is 0.638. The number of halogens is 2. The first-order chi connectivity index (χ1) is 17.9. The minimum Gasteiger partial charge on any atom is -0.497 e. The first-order valence-electron chi connectivity index (χ1n) is 12.6. The quantitative estimate of drug-likeness (QED) is 0.197. The molecule has 1 aliphatic rings. The molecule has 1 aromatic carbocycles. The van der Waals surface area contributed by atoms with E-state index in [0.717, 1.165) is 49.7 Å². The van der Waals surface area contributed by atoms with Crippen molar-refractivity contribution in [2.24, 2.45) is 5.41 Å². The lowest BCUT2D eigenvalue weighted by Crippen LogP contribution is -2.41. The van der Waals surface area contributed by atoms with Gasteiger partial charge in [0.25, 0.3) is 0 Å². The summed E-state index contributed by atoms with van der Waals surface area (Å²) in [7, 11) is 1.56. The van der Waals surface area contributed by atoms with Crippen LogP contribution in [0.15, 0.2) is 53.8 Å². The number of alkyl halides is 1. The molecule has 0 radical (unpaired) electrons. The van der Waals surface area contributed by atoms with Gasteiger partial charge in [-0.2, -0.15) is 0 Å². The molecule has 0 aliphatic carbocycles. The fraction of sp³-hybridized carbons (Fsp3) is 0.464. The molecule has 0 spiro atoms. The second kappa shape index (κ2) is 12.9. The summed E-state index contributed by atoms with van der Waals surface area (Å²) in [6.07, 6.45) is 5.26. The number of piperidine rings is 1. The topological polar surface area (TPSA) is 75.6 Å². The van der Waals surface area contributed by atoms with Crippen molar-refractivity contribution in [1.82, 2.24) is 14.9 Å². The van der Waals surface area contributed by atoms with Crippen molar-refractivity contribution in [3.8, 4) is 5.75 Å².